The van der Waals surface area contributed by atoms with E-state index >= 15 is 0 Å². The molecule has 7 nitrogen and oxygen atoms in total. The van der Waals surface area contributed by atoms with E-state index in [1.807, 2.05) is 23.6 Å². The maximum Gasteiger partial charge on any atom is 0.315 e. The zero-order valence-corrected chi connectivity index (χ0v) is 20.7. The van der Waals surface area contributed by atoms with E-state index in [9.17, 15) is 14.4 Å². The summed E-state index contributed by atoms with van der Waals surface area (Å²) in [6.45, 7) is 8.50. The van der Waals surface area contributed by atoms with Crippen molar-refractivity contribution in [1.82, 2.24) is 20.4 Å². The van der Waals surface area contributed by atoms with E-state index in [2.05, 4.69) is 17.6 Å². The topological polar surface area (TPSA) is 81.8 Å². The summed E-state index contributed by atoms with van der Waals surface area (Å²) in [7, 11) is 0. The van der Waals surface area contributed by atoms with Crippen molar-refractivity contribution >= 4 is 17.8 Å². The molecule has 0 bridgehead atoms. The molecule has 32 heavy (non-hydrogen) atoms. The summed E-state index contributed by atoms with van der Waals surface area (Å²) < 4.78 is 0. The number of rotatable bonds is 11. The van der Waals surface area contributed by atoms with Crippen LogP contribution < -0.4 is 10.6 Å². The SMILES string of the molecule is CCCCCCCC(=O)N1CCN(C(=O)C(NC(=O)NC2CCCCC2)C(C)CC)CC1. The first-order valence-electron chi connectivity index (χ1n) is 13.1. The van der Waals surface area contributed by atoms with Crippen molar-refractivity contribution in [1.29, 1.82) is 0 Å². The Morgan fingerprint density at radius 2 is 1.50 bits per heavy atom. The van der Waals surface area contributed by atoms with Crippen molar-refractivity contribution in [3.8, 4) is 0 Å². The summed E-state index contributed by atoms with van der Waals surface area (Å²) in [4.78, 5) is 42.0. The Balaban J connectivity index is 1.80. The molecule has 2 atom stereocenters. The Bertz CT molecular complexity index is 584. The van der Waals surface area contributed by atoms with Crippen LogP contribution in [0.2, 0.25) is 0 Å². The molecule has 1 aliphatic carbocycles. The third-order valence-electron chi connectivity index (χ3n) is 7.14. The lowest BCUT2D eigenvalue weighted by Gasteiger charge is -2.37. The van der Waals surface area contributed by atoms with E-state index in [0.29, 0.717) is 32.6 Å². The molecule has 4 amide bonds. The lowest BCUT2D eigenvalue weighted by Crippen LogP contribution is -2.59. The van der Waals surface area contributed by atoms with Crippen molar-refractivity contribution in [2.75, 3.05) is 26.2 Å². The van der Waals surface area contributed by atoms with Gasteiger partial charge in [-0.05, 0) is 25.2 Å². The van der Waals surface area contributed by atoms with Crippen molar-refractivity contribution in [2.24, 2.45) is 5.92 Å². The Hall–Kier alpha value is -1.79. The lowest BCUT2D eigenvalue weighted by molar-refractivity contribution is -0.141. The van der Waals surface area contributed by atoms with E-state index in [1.54, 1.807) is 0 Å². The van der Waals surface area contributed by atoms with Crippen LogP contribution in [-0.4, -0.2) is 65.9 Å². The van der Waals surface area contributed by atoms with Gasteiger partial charge in [0.1, 0.15) is 6.04 Å². The van der Waals surface area contributed by atoms with Gasteiger partial charge in [0.25, 0.3) is 0 Å². The number of carbonyl (C=O) groups is 3. The van der Waals surface area contributed by atoms with Gasteiger partial charge >= 0.3 is 6.03 Å². The third kappa shape index (κ3) is 8.62. The molecule has 2 rings (SSSR count). The van der Waals surface area contributed by atoms with Crippen LogP contribution in [0.15, 0.2) is 0 Å². The summed E-state index contributed by atoms with van der Waals surface area (Å²) in [5.41, 5.74) is 0. The van der Waals surface area contributed by atoms with Crippen LogP contribution in [0.5, 0.6) is 0 Å². The largest absolute Gasteiger partial charge is 0.339 e. The minimum absolute atomic E-state index is 0.0233. The minimum atomic E-state index is -0.524. The summed E-state index contributed by atoms with van der Waals surface area (Å²) in [5.74, 6) is 0.240. The second kappa shape index (κ2) is 14.4. The molecule has 0 aromatic heterocycles. The summed E-state index contributed by atoms with van der Waals surface area (Å²) in [6.07, 6.45) is 12.7. The molecule has 1 heterocycles. The second-order valence-corrected chi connectivity index (χ2v) is 9.69. The molecular formula is C25H46N4O3. The highest BCUT2D eigenvalue weighted by molar-refractivity contribution is 5.87. The van der Waals surface area contributed by atoms with Gasteiger partial charge in [-0.15, -0.1) is 0 Å². The number of unbranched alkanes of at least 4 members (excludes halogenated alkanes) is 4. The molecule has 7 heteroatoms. The monoisotopic (exact) mass is 450 g/mol. The maximum atomic E-state index is 13.3. The Labute approximate surface area is 195 Å². The molecule has 1 aliphatic heterocycles. The van der Waals surface area contributed by atoms with Gasteiger partial charge in [0, 0.05) is 38.6 Å². The second-order valence-electron chi connectivity index (χ2n) is 9.69. The highest BCUT2D eigenvalue weighted by atomic mass is 16.2. The minimum Gasteiger partial charge on any atom is -0.339 e. The van der Waals surface area contributed by atoms with Crippen LogP contribution in [0, 0.1) is 5.92 Å². The van der Waals surface area contributed by atoms with Gasteiger partial charge in [-0.25, -0.2) is 4.79 Å². The lowest BCUT2D eigenvalue weighted by atomic mass is 9.95. The fourth-order valence-corrected chi connectivity index (χ4v) is 4.71. The molecular weight excluding hydrogens is 404 g/mol. The smallest absolute Gasteiger partial charge is 0.315 e. The average Bonchev–Trinajstić information content (AvgIpc) is 2.82. The number of hydrogen-bond acceptors (Lipinski definition) is 3. The van der Waals surface area contributed by atoms with Gasteiger partial charge in [-0.2, -0.15) is 0 Å². The van der Waals surface area contributed by atoms with Gasteiger partial charge in [0.05, 0.1) is 0 Å². The van der Waals surface area contributed by atoms with Crippen LogP contribution in [-0.2, 0) is 9.59 Å². The molecule has 2 fully saturated rings. The predicted octanol–water partition coefficient (Wildman–Crippen LogP) is 4.06. The normalized spacial score (nSPS) is 19.3. The van der Waals surface area contributed by atoms with Gasteiger partial charge < -0.3 is 20.4 Å². The quantitative estimate of drug-likeness (QED) is 0.466. The van der Waals surface area contributed by atoms with Gasteiger partial charge in [-0.1, -0.05) is 72.1 Å². The van der Waals surface area contributed by atoms with Crippen molar-refractivity contribution in [3.05, 3.63) is 0 Å². The van der Waals surface area contributed by atoms with Gasteiger partial charge in [-0.3, -0.25) is 9.59 Å². The number of piperazine rings is 1. The van der Waals surface area contributed by atoms with Crippen LogP contribution in [0.25, 0.3) is 0 Å². The van der Waals surface area contributed by atoms with Gasteiger partial charge in [0.2, 0.25) is 11.8 Å². The molecule has 2 unspecified atom stereocenters. The summed E-state index contributed by atoms with van der Waals surface area (Å²) in [5, 5.41) is 6.04. The van der Waals surface area contributed by atoms with Gasteiger partial charge in [0.15, 0.2) is 0 Å². The molecule has 2 aliphatic rings. The molecule has 184 valence electrons. The van der Waals surface area contributed by atoms with Crippen molar-refractivity contribution in [3.63, 3.8) is 0 Å². The fourth-order valence-electron chi connectivity index (χ4n) is 4.71. The number of urea groups is 1. The number of nitrogens with one attached hydrogen (secondary N) is 2. The first-order chi connectivity index (χ1) is 15.5. The molecule has 0 radical (unpaired) electrons. The Morgan fingerprint density at radius 3 is 2.12 bits per heavy atom. The number of hydrogen-bond donors (Lipinski definition) is 2. The number of nitrogens with zero attached hydrogens (tertiary/aromatic N) is 2. The van der Waals surface area contributed by atoms with E-state index in [4.69, 9.17) is 0 Å². The predicted molar refractivity (Wildman–Crippen MR) is 128 cm³/mol. The highest BCUT2D eigenvalue weighted by Gasteiger charge is 2.33. The van der Waals surface area contributed by atoms with E-state index in [1.165, 1.54) is 25.7 Å². The highest BCUT2D eigenvalue weighted by Crippen LogP contribution is 2.18. The summed E-state index contributed by atoms with van der Waals surface area (Å²) in [6, 6.07) is -0.537. The van der Waals surface area contributed by atoms with Crippen LogP contribution >= 0.6 is 0 Å². The van der Waals surface area contributed by atoms with Crippen molar-refractivity contribution in [2.45, 2.75) is 110 Å². The zero-order chi connectivity index (χ0) is 23.3. The van der Waals surface area contributed by atoms with Crippen LogP contribution in [0.4, 0.5) is 4.79 Å². The Kier molecular flexibility index (Phi) is 11.9. The number of amides is 4. The molecule has 1 saturated heterocycles. The first kappa shape index (κ1) is 26.5. The maximum absolute atomic E-state index is 13.3. The Morgan fingerprint density at radius 1 is 0.875 bits per heavy atom. The fraction of sp³-hybridized carbons (Fsp3) is 0.880. The zero-order valence-electron chi connectivity index (χ0n) is 20.7. The molecule has 0 aromatic rings. The average molecular weight is 451 g/mol. The first-order valence-corrected chi connectivity index (χ1v) is 13.1. The molecule has 2 N–H and O–H groups in total. The van der Waals surface area contributed by atoms with E-state index < -0.39 is 6.04 Å². The van der Waals surface area contributed by atoms with Crippen molar-refractivity contribution < 1.29 is 14.4 Å². The van der Waals surface area contributed by atoms with Crippen LogP contribution in [0.3, 0.4) is 0 Å². The molecule has 0 spiro atoms. The molecule has 0 aromatic carbocycles. The van der Waals surface area contributed by atoms with E-state index in [0.717, 1.165) is 44.9 Å². The van der Waals surface area contributed by atoms with E-state index in [-0.39, 0.29) is 29.8 Å². The standard InChI is InChI=1S/C25H46N4O3/c1-4-6-7-8-12-15-22(30)28-16-18-29(19-17-28)24(31)23(20(3)5-2)27-25(32)26-21-13-10-9-11-14-21/h20-21,23H,4-19H2,1-3H3,(H2,26,27,32). The number of carbonyl (C=O) groups excluding carboxylic acids is 3. The molecule has 1 saturated carbocycles. The summed E-state index contributed by atoms with van der Waals surface area (Å²) >= 11 is 0. The third-order valence-corrected chi connectivity index (χ3v) is 7.14. The van der Waals surface area contributed by atoms with Crippen LogP contribution in [0.1, 0.15) is 97.8 Å².